The topological polar surface area (TPSA) is 53.8 Å². The number of aldehydes is 1. The lowest BCUT2D eigenvalue weighted by atomic mass is 10.3. The Morgan fingerprint density at radius 2 is 2.33 bits per heavy atom. The van der Waals surface area contributed by atoms with Crippen LogP contribution in [0.2, 0.25) is 0 Å². The summed E-state index contributed by atoms with van der Waals surface area (Å²) in [4.78, 5) is 14.0. The molecule has 12 heavy (non-hydrogen) atoms. The van der Waals surface area contributed by atoms with Crippen LogP contribution in [0.4, 0.5) is 0 Å². The number of hydrogen-bond acceptors (Lipinski definition) is 3. The van der Waals surface area contributed by atoms with E-state index in [1.807, 2.05) is 0 Å². The fourth-order valence-corrected chi connectivity index (χ4v) is 0.641. The maximum absolute atomic E-state index is 10.2. The largest absolute Gasteiger partial charge is 0.298 e. The van der Waals surface area contributed by atoms with Crippen LogP contribution in [0, 0.1) is 23.2 Å². The number of rotatable bonds is 1. The first-order valence-corrected chi connectivity index (χ1v) is 3.18. The van der Waals surface area contributed by atoms with Gasteiger partial charge in [-0.2, -0.15) is 5.26 Å². The fourth-order valence-electron chi connectivity index (χ4n) is 0.641. The summed E-state index contributed by atoms with van der Waals surface area (Å²) in [7, 11) is 0. The summed E-state index contributed by atoms with van der Waals surface area (Å²) in [6.07, 6.45) is 2.11. The van der Waals surface area contributed by atoms with Crippen LogP contribution < -0.4 is 0 Å². The summed E-state index contributed by atoms with van der Waals surface area (Å²) in [5.41, 5.74) is 0.986. The van der Waals surface area contributed by atoms with Crippen molar-refractivity contribution in [3.63, 3.8) is 0 Å². The SMILES string of the molecule is N#CC#Cc1ccc(C=O)cn1. The second kappa shape index (κ2) is 3.90. The highest BCUT2D eigenvalue weighted by atomic mass is 16.1. The lowest BCUT2D eigenvalue weighted by molar-refractivity contribution is 0.112. The summed E-state index contributed by atoms with van der Waals surface area (Å²) in [6, 6.07) is 4.86. The minimum atomic E-state index is 0.488. The quantitative estimate of drug-likeness (QED) is 0.445. The van der Waals surface area contributed by atoms with Crippen molar-refractivity contribution in [1.82, 2.24) is 4.98 Å². The molecule has 0 N–H and O–H groups in total. The molecule has 0 unspecified atom stereocenters. The van der Waals surface area contributed by atoms with E-state index in [0.717, 1.165) is 0 Å². The van der Waals surface area contributed by atoms with Crippen LogP contribution in [0.15, 0.2) is 18.3 Å². The summed E-state index contributed by atoms with van der Waals surface area (Å²) in [5.74, 6) is 4.71. The number of nitriles is 1. The molecular formula is C9H4N2O. The maximum atomic E-state index is 10.2. The molecule has 3 heteroatoms. The van der Waals surface area contributed by atoms with Gasteiger partial charge in [-0.05, 0) is 18.1 Å². The van der Waals surface area contributed by atoms with Crippen molar-refractivity contribution in [2.45, 2.75) is 0 Å². The third-order valence-electron chi connectivity index (χ3n) is 1.17. The highest BCUT2D eigenvalue weighted by Crippen LogP contribution is 1.95. The highest BCUT2D eigenvalue weighted by Gasteiger charge is 1.89. The van der Waals surface area contributed by atoms with Crippen LogP contribution in [0.25, 0.3) is 0 Å². The summed E-state index contributed by atoms with van der Waals surface area (Å²) < 4.78 is 0. The lowest BCUT2D eigenvalue weighted by Crippen LogP contribution is -1.84. The minimum Gasteiger partial charge on any atom is -0.298 e. The average molecular weight is 156 g/mol. The molecule has 0 aliphatic rings. The van der Waals surface area contributed by atoms with E-state index >= 15 is 0 Å². The molecule has 1 rings (SSSR count). The molecule has 56 valence electrons. The van der Waals surface area contributed by atoms with Gasteiger partial charge in [0.05, 0.1) is 0 Å². The Bertz CT molecular complexity index is 376. The zero-order valence-corrected chi connectivity index (χ0v) is 6.11. The number of aromatic nitrogens is 1. The molecule has 0 saturated carbocycles. The third-order valence-corrected chi connectivity index (χ3v) is 1.17. The van der Waals surface area contributed by atoms with Crippen molar-refractivity contribution in [2.75, 3.05) is 0 Å². The van der Waals surface area contributed by atoms with Crippen molar-refractivity contribution in [3.05, 3.63) is 29.6 Å². The first-order chi connectivity index (χ1) is 5.86. The molecule has 0 aliphatic heterocycles. The van der Waals surface area contributed by atoms with Gasteiger partial charge in [0.2, 0.25) is 0 Å². The summed E-state index contributed by atoms with van der Waals surface area (Å²) in [5, 5.41) is 8.12. The molecule has 0 aromatic carbocycles. The Balaban J connectivity index is 2.94. The molecule has 0 aliphatic carbocycles. The average Bonchev–Trinajstić information content (AvgIpc) is 2.15. The molecule has 0 atom stereocenters. The Kier molecular flexibility index (Phi) is 2.59. The Hall–Kier alpha value is -2.13. The molecule has 0 radical (unpaired) electrons. The molecule has 1 heterocycles. The van der Waals surface area contributed by atoms with Crippen LogP contribution >= 0.6 is 0 Å². The second-order valence-electron chi connectivity index (χ2n) is 1.96. The first kappa shape index (κ1) is 7.97. The normalized spacial score (nSPS) is 7.58. The Morgan fingerprint density at radius 1 is 1.50 bits per heavy atom. The van der Waals surface area contributed by atoms with Crippen molar-refractivity contribution in [3.8, 4) is 17.9 Å². The van der Waals surface area contributed by atoms with E-state index in [-0.39, 0.29) is 0 Å². The number of nitrogens with zero attached hydrogens (tertiary/aromatic N) is 2. The minimum absolute atomic E-state index is 0.488. The van der Waals surface area contributed by atoms with Gasteiger partial charge in [-0.25, -0.2) is 4.98 Å². The van der Waals surface area contributed by atoms with Crippen LogP contribution in [-0.2, 0) is 0 Å². The fraction of sp³-hybridized carbons (Fsp3) is 0. The van der Waals surface area contributed by atoms with Gasteiger partial charge in [0.1, 0.15) is 5.69 Å². The zero-order valence-electron chi connectivity index (χ0n) is 6.11. The van der Waals surface area contributed by atoms with Gasteiger partial charge in [0.15, 0.2) is 12.4 Å². The molecule has 1 aromatic rings. The van der Waals surface area contributed by atoms with E-state index in [1.54, 1.807) is 18.2 Å². The predicted molar refractivity (Wildman–Crippen MR) is 42.1 cm³/mol. The molecule has 0 saturated heterocycles. The Labute approximate surface area is 69.7 Å². The summed E-state index contributed by atoms with van der Waals surface area (Å²) >= 11 is 0. The maximum Gasteiger partial charge on any atom is 0.152 e. The molecule has 1 aromatic heterocycles. The van der Waals surface area contributed by atoms with Crippen LogP contribution in [0.5, 0.6) is 0 Å². The van der Waals surface area contributed by atoms with Gasteiger partial charge in [-0.1, -0.05) is 0 Å². The van der Waals surface area contributed by atoms with Gasteiger partial charge in [-0.15, -0.1) is 0 Å². The van der Waals surface area contributed by atoms with E-state index in [2.05, 4.69) is 16.8 Å². The zero-order chi connectivity index (χ0) is 8.81. The number of pyridine rings is 1. The molecule has 0 bridgehead atoms. The van der Waals surface area contributed by atoms with Crippen molar-refractivity contribution in [1.29, 1.82) is 5.26 Å². The van der Waals surface area contributed by atoms with E-state index in [0.29, 0.717) is 17.5 Å². The molecule has 0 amide bonds. The highest BCUT2D eigenvalue weighted by molar-refractivity contribution is 5.74. The molecule has 0 spiro atoms. The smallest absolute Gasteiger partial charge is 0.152 e. The van der Waals surface area contributed by atoms with Gasteiger partial charge in [0, 0.05) is 17.7 Å². The van der Waals surface area contributed by atoms with Gasteiger partial charge in [-0.3, -0.25) is 4.79 Å². The standard InChI is InChI=1S/C9H4N2O/c10-5-1-2-9-4-3-8(7-12)6-11-9/h3-4,6-7H. The third kappa shape index (κ3) is 1.93. The number of carbonyl (C=O) groups is 1. The second-order valence-corrected chi connectivity index (χ2v) is 1.96. The lowest BCUT2D eigenvalue weighted by Gasteiger charge is -1.88. The van der Waals surface area contributed by atoms with Crippen LogP contribution in [0.3, 0.4) is 0 Å². The number of carbonyl (C=O) groups excluding carboxylic acids is 1. The van der Waals surface area contributed by atoms with Crippen molar-refractivity contribution < 1.29 is 4.79 Å². The van der Waals surface area contributed by atoms with Crippen LogP contribution in [0.1, 0.15) is 16.1 Å². The Morgan fingerprint density at radius 3 is 2.83 bits per heavy atom. The van der Waals surface area contributed by atoms with Gasteiger partial charge in [0.25, 0.3) is 0 Å². The van der Waals surface area contributed by atoms with E-state index < -0.39 is 0 Å². The van der Waals surface area contributed by atoms with Crippen molar-refractivity contribution in [2.24, 2.45) is 0 Å². The first-order valence-electron chi connectivity index (χ1n) is 3.18. The van der Waals surface area contributed by atoms with Gasteiger partial charge >= 0.3 is 0 Å². The monoisotopic (exact) mass is 156 g/mol. The van der Waals surface area contributed by atoms with E-state index in [1.165, 1.54) is 6.20 Å². The van der Waals surface area contributed by atoms with Crippen LogP contribution in [-0.4, -0.2) is 11.3 Å². The predicted octanol–water partition coefficient (Wildman–Crippen LogP) is 0.769. The molecule has 3 nitrogen and oxygen atoms in total. The van der Waals surface area contributed by atoms with Gasteiger partial charge < -0.3 is 0 Å². The van der Waals surface area contributed by atoms with E-state index in [4.69, 9.17) is 5.26 Å². The van der Waals surface area contributed by atoms with Crippen molar-refractivity contribution >= 4 is 6.29 Å². The van der Waals surface area contributed by atoms with E-state index in [9.17, 15) is 4.79 Å². The number of hydrogen-bond donors (Lipinski definition) is 0. The molecule has 0 fully saturated rings. The summed E-state index contributed by atoms with van der Waals surface area (Å²) in [6.45, 7) is 0. The molecular weight excluding hydrogens is 152 g/mol.